The molecule has 0 aliphatic carbocycles. The van der Waals surface area contributed by atoms with E-state index in [2.05, 4.69) is 10.3 Å². The van der Waals surface area contributed by atoms with Gasteiger partial charge in [-0.3, -0.25) is 0 Å². The van der Waals surface area contributed by atoms with Crippen LogP contribution in [-0.2, 0) is 5.60 Å². The number of hydrogen-bond donors (Lipinski definition) is 3. The topological polar surface area (TPSA) is 89.1 Å². The third-order valence-electron chi connectivity index (χ3n) is 3.78. The summed E-state index contributed by atoms with van der Waals surface area (Å²) in [5, 5.41) is 13.6. The Labute approximate surface area is 177 Å². The zero-order valence-electron chi connectivity index (χ0n) is 15.9. The maximum Gasteiger partial charge on any atom is 0.193 e. The van der Waals surface area contributed by atoms with Crippen LogP contribution in [0.25, 0.3) is 0 Å². The average Bonchev–Trinajstić information content (AvgIpc) is 2.63. The number of anilines is 1. The molecule has 4 N–H and O–H groups in total. The van der Waals surface area contributed by atoms with E-state index >= 15 is 0 Å². The van der Waals surface area contributed by atoms with Crippen LogP contribution in [-0.4, -0.2) is 30.8 Å². The molecule has 6 nitrogen and oxygen atoms in total. The second-order valence-corrected chi connectivity index (χ2v) is 5.99. The highest BCUT2D eigenvalue weighted by atomic mass is 127. The summed E-state index contributed by atoms with van der Waals surface area (Å²) in [6.07, 6.45) is 0. The molecule has 0 bridgehead atoms. The van der Waals surface area contributed by atoms with Gasteiger partial charge in [0.2, 0.25) is 0 Å². The molecule has 1 atom stereocenters. The van der Waals surface area contributed by atoms with Gasteiger partial charge >= 0.3 is 0 Å². The van der Waals surface area contributed by atoms with Crippen molar-refractivity contribution < 1.29 is 14.6 Å². The van der Waals surface area contributed by atoms with Crippen molar-refractivity contribution in [3.8, 4) is 11.5 Å². The quantitative estimate of drug-likeness (QED) is 0.301. The Morgan fingerprint density at radius 1 is 1.11 bits per heavy atom. The molecule has 0 saturated carbocycles. The Balaban J connectivity index is 0.00000364. The summed E-state index contributed by atoms with van der Waals surface area (Å²) >= 11 is 0. The molecule has 7 heteroatoms. The van der Waals surface area contributed by atoms with E-state index in [4.69, 9.17) is 15.2 Å². The van der Waals surface area contributed by atoms with Gasteiger partial charge < -0.3 is 25.6 Å². The van der Waals surface area contributed by atoms with E-state index in [0.717, 1.165) is 5.56 Å². The number of nitrogens with one attached hydrogen (secondary N) is 1. The van der Waals surface area contributed by atoms with Crippen LogP contribution >= 0.6 is 24.0 Å². The molecule has 148 valence electrons. The predicted octanol–water partition coefficient (Wildman–Crippen LogP) is 3.74. The normalized spacial score (nSPS) is 13.3. The van der Waals surface area contributed by atoms with Gasteiger partial charge in [-0.1, -0.05) is 30.3 Å². The predicted molar refractivity (Wildman–Crippen MR) is 120 cm³/mol. The lowest BCUT2D eigenvalue weighted by Gasteiger charge is -2.22. The Morgan fingerprint density at radius 2 is 1.78 bits per heavy atom. The largest absolute Gasteiger partial charge is 0.494 e. The monoisotopic (exact) mass is 485 g/mol. The van der Waals surface area contributed by atoms with Gasteiger partial charge in [-0.2, -0.15) is 0 Å². The van der Waals surface area contributed by atoms with E-state index in [1.54, 1.807) is 6.92 Å². The number of guanidine groups is 1. The highest BCUT2D eigenvalue weighted by Gasteiger charge is 2.22. The number of rotatable bonds is 8. The fourth-order valence-corrected chi connectivity index (χ4v) is 2.45. The zero-order chi connectivity index (χ0) is 19.0. The van der Waals surface area contributed by atoms with Gasteiger partial charge in [0, 0.05) is 6.07 Å². The van der Waals surface area contributed by atoms with Crippen LogP contribution in [0.1, 0.15) is 26.3 Å². The molecule has 2 aromatic rings. The second kappa shape index (κ2) is 11.0. The number of benzene rings is 2. The molecule has 0 amide bonds. The molecule has 2 rings (SSSR count). The summed E-state index contributed by atoms with van der Waals surface area (Å²) in [6.45, 7) is 6.77. The Morgan fingerprint density at radius 3 is 2.41 bits per heavy atom. The molecule has 0 heterocycles. The second-order valence-electron chi connectivity index (χ2n) is 5.99. The van der Waals surface area contributed by atoms with Crippen LogP contribution in [0.5, 0.6) is 11.5 Å². The van der Waals surface area contributed by atoms with Crippen molar-refractivity contribution >= 4 is 35.6 Å². The van der Waals surface area contributed by atoms with E-state index in [-0.39, 0.29) is 36.5 Å². The molecule has 0 saturated heterocycles. The average molecular weight is 485 g/mol. The molecule has 27 heavy (non-hydrogen) atoms. The fraction of sp³-hybridized carbons (Fsp3) is 0.350. The molecule has 0 fully saturated rings. The summed E-state index contributed by atoms with van der Waals surface area (Å²) in [5.74, 6) is 1.56. The van der Waals surface area contributed by atoms with Gasteiger partial charge in [0.15, 0.2) is 5.96 Å². The van der Waals surface area contributed by atoms with Gasteiger partial charge in [0.25, 0.3) is 0 Å². The van der Waals surface area contributed by atoms with Crippen molar-refractivity contribution in [2.24, 2.45) is 10.7 Å². The smallest absolute Gasteiger partial charge is 0.193 e. The summed E-state index contributed by atoms with van der Waals surface area (Å²) < 4.78 is 11.1. The Hall–Kier alpha value is -2.00. The molecule has 0 aromatic heterocycles. The summed E-state index contributed by atoms with van der Waals surface area (Å²) in [6, 6.07) is 14.9. The van der Waals surface area contributed by atoms with Gasteiger partial charge in [-0.15, -0.1) is 24.0 Å². The van der Waals surface area contributed by atoms with E-state index in [1.165, 1.54) is 0 Å². The number of halogens is 1. The van der Waals surface area contributed by atoms with Gasteiger partial charge in [-0.25, -0.2) is 4.99 Å². The zero-order valence-corrected chi connectivity index (χ0v) is 18.3. The van der Waals surface area contributed by atoms with E-state index in [9.17, 15) is 5.11 Å². The first kappa shape index (κ1) is 23.0. The minimum absolute atomic E-state index is 0. The molecule has 0 aliphatic rings. The van der Waals surface area contributed by atoms with Crippen LogP contribution < -0.4 is 20.5 Å². The minimum atomic E-state index is -1.11. The summed E-state index contributed by atoms with van der Waals surface area (Å²) in [4.78, 5) is 4.28. The van der Waals surface area contributed by atoms with Crippen LogP contribution in [0, 0.1) is 0 Å². The molecule has 1 unspecified atom stereocenters. The molecular weight excluding hydrogens is 457 g/mol. The van der Waals surface area contributed by atoms with Crippen LogP contribution in [0.2, 0.25) is 0 Å². The lowest BCUT2D eigenvalue weighted by molar-refractivity contribution is 0.0674. The minimum Gasteiger partial charge on any atom is -0.494 e. The van der Waals surface area contributed by atoms with Crippen LogP contribution in [0.15, 0.2) is 53.5 Å². The molecule has 0 spiro atoms. The molecule has 0 radical (unpaired) electrons. The van der Waals surface area contributed by atoms with Crippen molar-refractivity contribution in [1.82, 2.24) is 0 Å². The first-order valence-electron chi connectivity index (χ1n) is 8.70. The number of nitrogens with two attached hydrogens (primary N) is 1. The molecule has 2 aromatic carbocycles. The number of ether oxygens (including phenoxy) is 2. The van der Waals surface area contributed by atoms with Crippen LogP contribution in [0.3, 0.4) is 0 Å². The highest BCUT2D eigenvalue weighted by molar-refractivity contribution is 14.0. The standard InChI is InChI=1S/C20H27N3O3.HI/c1-4-25-16-11-12-18(26-5-2)17(13-16)23-19(21)22-14-20(3,24)15-9-7-6-8-10-15;/h6-13,24H,4-5,14H2,1-3H3,(H3,21,22,23);1H. The highest BCUT2D eigenvalue weighted by Crippen LogP contribution is 2.29. The SMILES string of the molecule is CCOc1ccc(OCC)c(NC(N)=NCC(C)(O)c2ccccc2)c1.I. The number of hydrogen-bond acceptors (Lipinski definition) is 4. The van der Waals surface area contributed by atoms with E-state index in [0.29, 0.717) is 30.4 Å². The Bertz CT molecular complexity index is 737. The van der Waals surface area contributed by atoms with Crippen molar-refractivity contribution in [2.75, 3.05) is 25.1 Å². The van der Waals surface area contributed by atoms with Crippen LogP contribution in [0.4, 0.5) is 5.69 Å². The van der Waals surface area contributed by atoms with E-state index in [1.807, 2.05) is 62.4 Å². The first-order valence-corrected chi connectivity index (χ1v) is 8.70. The third kappa shape index (κ3) is 6.91. The third-order valence-corrected chi connectivity index (χ3v) is 3.78. The van der Waals surface area contributed by atoms with Gasteiger partial charge in [0.05, 0.1) is 25.4 Å². The number of nitrogens with zero attached hydrogens (tertiary/aromatic N) is 1. The van der Waals surface area contributed by atoms with E-state index < -0.39 is 5.60 Å². The van der Waals surface area contributed by atoms with Crippen molar-refractivity contribution in [2.45, 2.75) is 26.4 Å². The molecular formula is C20H28IN3O3. The fourth-order valence-electron chi connectivity index (χ4n) is 2.45. The summed E-state index contributed by atoms with van der Waals surface area (Å²) in [5.41, 5.74) is 6.35. The van der Waals surface area contributed by atoms with Crippen molar-refractivity contribution in [1.29, 1.82) is 0 Å². The Kier molecular flexibility index (Phi) is 9.37. The first-order chi connectivity index (χ1) is 12.5. The van der Waals surface area contributed by atoms with Crippen molar-refractivity contribution in [3.63, 3.8) is 0 Å². The lowest BCUT2D eigenvalue weighted by Crippen LogP contribution is -2.29. The van der Waals surface area contributed by atoms with Crippen molar-refractivity contribution in [3.05, 3.63) is 54.1 Å². The number of aliphatic hydroxyl groups is 1. The number of aliphatic imine (C=N–C) groups is 1. The van der Waals surface area contributed by atoms with Gasteiger partial charge in [0.1, 0.15) is 17.1 Å². The lowest BCUT2D eigenvalue weighted by atomic mass is 9.96. The molecule has 0 aliphatic heterocycles. The maximum absolute atomic E-state index is 10.6. The summed E-state index contributed by atoms with van der Waals surface area (Å²) in [7, 11) is 0. The maximum atomic E-state index is 10.6. The van der Waals surface area contributed by atoms with Gasteiger partial charge in [-0.05, 0) is 38.5 Å².